The molecule has 2 amide bonds. The van der Waals surface area contributed by atoms with Gasteiger partial charge in [0, 0.05) is 18.7 Å². The summed E-state index contributed by atoms with van der Waals surface area (Å²) in [5, 5.41) is 5.74. The highest BCUT2D eigenvalue weighted by molar-refractivity contribution is 7.98. The van der Waals surface area contributed by atoms with Gasteiger partial charge in [-0.15, -0.1) is 0 Å². The molecule has 2 N–H and O–H groups in total. The Morgan fingerprint density at radius 3 is 2.82 bits per heavy atom. The van der Waals surface area contributed by atoms with Crippen LogP contribution in [0.15, 0.2) is 47.1 Å². The van der Waals surface area contributed by atoms with Gasteiger partial charge in [0.1, 0.15) is 18.4 Å². The molecule has 1 aromatic heterocycles. The van der Waals surface area contributed by atoms with Crippen LogP contribution >= 0.6 is 11.8 Å². The zero-order valence-electron chi connectivity index (χ0n) is 16.4. The van der Waals surface area contributed by atoms with Crippen LogP contribution in [-0.4, -0.2) is 43.0 Å². The van der Waals surface area contributed by atoms with Crippen LogP contribution in [0.1, 0.15) is 34.5 Å². The number of carbonyl (C=O) groups excluding carboxylic acids is 2. The molecule has 152 valence electrons. The number of aryl methyl sites for hydroxylation is 1. The second-order valence-electron chi connectivity index (χ2n) is 6.45. The third-order valence-electron chi connectivity index (χ3n) is 4.10. The molecule has 0 fully saturated rings. The molecule has 1 unspecified atom stereocenters. The highest BCUT2D eigenvalue weighted by atomic mass is 32.2. The van der Waals surface area contributed by atoms with Crippen molar-refractivity contribution in [1.29, 1.82) is 0 Å². The molecule has 0 aliphatic heterocycles. The van der Waals surface area contributed by atoms with Gasteiger partial charge in [0.05, 0.1) is 6.26 Å². The molecule has 0 spiro atoms. The van der Waals surface area contributed by atoms with Crippen molar-refractivity contribution >= 4 is 23.6 Å². The highest BCUT2D eigenvalue weighted by Gasteiger charge is 2.20. The molecule has 0 radical (unpaired) electrons. The van der Waals surface area contributed by atoms with E-state index in [1.54, 1.807) is 24.1 Å². The lowest BCUT2D eigenvalue weighted by Gasteiger charge is -2.18. The Morgan fingerprint density at radius 1 is 1.25 bits per heavy atom. The lowest BCUT2D eigenvalue weighted by Crippen LogP contribution is -2.47. The maximum Gasteiger partial charge on any atom is 0.251 e. The van der Waals surface area contributed by atoms with E-state index in [2.05, 4.69) is 10.6 Å². The summed E-state index contributed by atoms with van der Waals surface area (Å²) in [5.74, 6) is 1.17. The molecule has 0 saturated carbocycles. The van der Waals surface area contributed by atoms with E-state index in [4.69, 9.17) is 9.15 Å². The second-order valence-corrected chi connectivity index (χ2v) is 7.44. The SMILES string of the molecule is CSCCC(NC(=O)c1cccc(C)c1)C(=O)NCCCOCc1ccco1. The molecule has 6 nitrogen and oxygen atoms in total. The molecule has 0 aliphatic carbocycles. The van der Waals surface area contributed by atoms with Crippen molar-refractivity contribution < 1.29 is 18.7 Å². The quantitative estimate of drug-likeness (QED) is 0.531. The van der Waals surface area contributed by atoms with Crippen LogP contribution in [0, 0.1) is 6.92 Å². The predicted molar refractivity (Wildman–Crippen MR) is 111 cm³/mol. The summed E-state index contributed by atoms with van der Waals surface area (Å²) in [6.07, 6.45) is 4.86. The Bertz CT molecular complexity index is 734. The first-order chi connectivity index (χ1) is 13.6. The van der Waals surface area contributed by atoms with Crippen molar-refractivity contribution in [1.82, 2.24) is 10.6 Å². The van der Waals surface area contributed by atoms with E-state index in [9.17, 15) is 9.59 Å². The van der Waals surface area contributed by atoms with Gasteiger partial charge in [0.15, 0.2) is 0 Å². The first-order valence-electron chi connectivity index (χ1n) is 9.34. The largest absolute Gasteiger partial charge is 0.467 e. The third kappa shape index (κ3) is 7.78. The summed E-state index contributed by atoms with van der Waals surface area (Å²) >= 11 is 1.65. The average Bonchev–Trinajstić information content (AvgIpc) is 3.21. The molecule has 2 aromatic rings. The van der Waals surface area contributed by atoms with Crippen molar-refractivity contribution in [3.63, 3.8) is 0 Å². The minimum absolute atomic E-state index is 0.166. The van der Waals surface area contributed by atoms with Crippen LogP contribution in [0.25, 0.3) is 0 Å². The fourth-order valence-corrected chi connectivity index (χ4v) is 3.08. The minimum atomic E-state index is -0.551. The summed E-state index contributed by atoms with van der Waals surface area (Å²) in [6, 6.07) is 10.5. The number of hydrogen-bond donors (Lipinski definition) is 2. The Morgan fingerprint density at radius 2 is 2.11 bits per heavy atom. The van der Waals surface area contributed by atoms with Gasteiger partial charge >= 0.3 is 0 Å². The van der Waals surface area contributed by atoms with Crippen LogP contribution in [0.4, 0.5) is 0 Å². The fourth-order valence-electron chi connectivity index (χ4n) is 2.61. The van der Waals surface area contributed by atoms with Gasteiger partial charge < -0.3 is 19.8 Å². The zero-order chi connectivity index (χ0) is 20.2. The number of furan rings is 1. The van der Waals surface area contributed by atoms with Gasteiger partial charge in [-0.2, -0.15) is 11.8 Å². The van der Waals surface area contributed by atoms with E-state index >= 15 is 0 Å². The Hall–Kier alpha value is -2.25. The molecule has 0 bridgehead atoms. The van der Waals surface area contributed by atoms with Crippen molar-refractivity contribution in [2.75, 3.05) is 25.2 Å². The molecule has 0 aliphatic rings. The molecule has 1 atom stereocenters. The molecular formula is C21H28N2O4S. The minimum Gasteiger partial charge on any atom is -0.467 e. The highest BCUT2D eigenvalue weighted by Crippen LogP contribution is 2.07. The smallest absolute Gasteiger partial charge is 0.251 e. The number of hydrogen-bond acceptors (Lipinski definition) is 5. The molecule has 28 heavy (non-hydrogen) atoms. The number of amides is 2. The molecule has 7 heteroatoms. The number of carbonyl (C=O) groups is 2. The van der Waals surface area contributed by atoms with Crippen LogP contribution in [0.2, 0.25) is 0 Å². The average molecular weight is 405 g/mol. The second kappa shape index (κ2) is 12.3. The van der Waals surface area contributed by atoms with Gasteiger partial charge in [-0.1, -0.05) is 17.7 Å². The van der Waals surface area contributed by atoms with E-state index in [1.807, 2.05) is 43.5 Å². The van der Waals surface area contributed by atoms with E-state index in [0.29, 0.717) is 38.2 Å². The molecule has 2 rings (SSSR count). The topological polar surface area (TPSA) is 80.6 Å². The maximum absolute atomic E-state index is 12.5. The number of thioether (sulfide) groups is 1. The third-order valence-corrected chi connectivity index (χ3v) is 4.75. The van der Waals surface area contributed by atoms with Gasteiger partial charge in [-0.05, 0) is 56.0 Å². The summed E-state index contributed by atoms with van der Waals surface area (Å²) < 4.78 is 10.7. The summed E-state index contributed by atoms with van der Waals surface area (Å²) in [7, 11) is 0. The normalized spacial score (nSPS) is 11.8. The van der Waals surface area contributed by atoms with Crippen LogP contribution in [0.3, 0.4) is 0 Å². The number of nitrogens with one attached hydrogen (secondary N) is 2. The van der Waals surface area contributed by atoms with Gasteiger partial charge in [0.2, 0.25) is 5.91 Å². The number of rotatable bonds is 12. The van der Waals surface area contributed by atoms with Crippen molar-refractivity contribution in [3.8, 4) is 0 Å². The lowest BCUT2D eigenvalue weighted by atomic mass is 10.1. The predicted octanol–water partition coefficient (Wildman–Crippen LogP) is 3.16. The number of ether oxygens (including phenoxy) is 1. The van der Waals surface area contributed by atoms with Crippen LogP contribution in [0.5, 0.6) is 0 Å². The summed E-state index contributed by atoms with van der Waals surface area (Å²) in [6.45, 7) is 3.37. The van der Waals surface area contributed by atoms with Crippen molar-refractivity contribution in [3.05, 3.63) is 59.5 Å². The van der Waals surface area contributed by atoms with E-state index < -0.39 is 6.04 Å². The van der Waals surface area contributed by atoms with Gasteiger partial charge in [-0.25, -0.2) is 0 Å². The van der Waals surface area contributed by atoms with Gasteiger partial charge in [-0.3, -0.25) is 9.59 Å². The zero-order valence-corrected chi connectivity index (χ0v) is 17.2. The van der Waals surface area contributed by atoms with E-state index in [1.165, 1.54) is 0 Å². The van der Waals surface area contributed by atoms with Gasteiger partial charge in [0.25, 0.3) is 5.91 Å². The van der Waals surface area contributed by atoms with E-state index in [0.717, 1.165) is 17.1 Å². The molecular weight excluding hydrogens is 376 g/mol. The molecule has 1 aromatic carbocycles. The maximum atomic E-state index is 12.5. The van der Waals surface area contributed by atoms with Crippen LogP contribution in [-0.2, 0) is 16.1 Å². The van der Waals surface area contributed by atoms with Crippen LogP contribution < -0.4 is 10.6 Å². The lowest BCUT2D eigenvalue weighted by molar-refractivity contribution is -0.123. The number of benzene rings is 1. The monoisotopic (exact) mass is 404 g/mol. The van der Waals surface area contributed by atoms with Crippen molar-refractivity contribution in [2.45, 2.75) is 32.4 Å². The Labute approximate surface area is 170 Å². The Kier molecular flexibility index (Phi) is 9.65. The standard InChI is InChI=1S/C21H28N2O4S/c1-16-6-3-7-17(14-16)20(24)23-19(9-13-28-2)21(25)22-10-5-11-26-15-18-8-4-12-27-18/h3-4,6-8,12,14,19H,5,9-11,13,15H2,1-2H3,(H,22,25)(H,23,24). The first kappa shape index (κ1) is 22.0. The first-order valence-corrected chi connectivity index (χ1v) is 10.7. The fraction of sp³-hybridized carbons (Fsp3) is 0.429. The summed E-state index contributed by atoms with van der Waals surface area (Å²) in [4.78, 5) is 25.0. The Balaban J connectivity index is 1.75. The molecule has 0 saturated heterocycles. The van der Waals surface area contributed by atoms with E-state index in [-0.39, 0.29) is 11.8 Å². The van der Waals surface area contributed by atoms with Crippen molar-refractivity contribution in [2.24, 2.45) is 0 Å². The summed E-state index contributed by atoms with van der Waals surface area (Å²) in [5.41, 5.74) is 1.57. The molecule has 1 heterocycles.